The van der Waals surface area contributed by atoms with E-state index in [0.29, 0.717) is 29.0 Å². The van der Waals surface area contributed by atoms with Gasteiger partial charge in [-0.3, -0.25) is 9.48 Å². The standard InChI is InChI=1S/C20H20N6O3/c1-4-25-17-16(13(3)23-25)21-12-24(19(17)27)18-15(20(28)29-5-2)11-22-26(18)14-9-7-6-8-10-14/h6-12H,4-5H2,1-3H3. The largest absolute Gasteiger partial charge is 0.462 e. The van der Waals surface area contributed by atoms with Crippen molar-refractivity contribution in [2.45, 2.75) is 27.3 Å². The molecule has 4 aromatic rings. The van der Waals surface area contributed by atoms with Gasteiger partial charge >= 0.3 is 5.97 Å². The van der Waals surface area contributed by atoms with Crippen LogP contribution in [0, 0.1) is 6.92 Å². The second kappa shape index (κ2) is 7.34. The van der Waals surface area contributed by atoms with E-state index in [1.54, 1.807) is 11.6 Å². The molecule has 0 radical (unpaired) electrons. The van der Waals surface area contributed by atoms with Crippen molar-refractivity contribution in [2.24, 2.45) is 0 Å². The Morgan fingerprint density at radius 1 is 1.17 bits per heavy atom. The molecule has 0 atom stereocenters. The molecule has 29 heavy (non-hydrogen) atoms. The summed E-state index contributed by atoms with van der Waals surface area (Å²) in [5, 5.41) is 8.73. The van der Waals surface area contributed by atoms with Crippen LogP contribution in [0.5, 0.6) is 0 Å². The van der Waals surface area contributed by atoms with Crippen LogP contribution in [-0.4, -0.2) is 41.7 Å². The van der Waals surface area contributed by atoms with Crippen LogP contribution in [0.3, 0.4) is 0 Å². The maximum Gasteiger partial charge on any atom is 0.343 e. The molecular formula is C20H20N6O3. The van der Waals surface area contributed by atoms with E-state index in [1.165, 1.54) is 21.8 Å². The molecule has 1 aromatic carbocycles. The average molecular weight is 392 g/mol. The van der Waals surface area contributed by atoms with E-state index in [2.05, 4.69) is 15.2 Å². The number of hydrogen-bond acceptors (Lipinski definition) is 6. The van der Waals surface area contributed by atoms with E-state index in [1.807, 2.05) is 44.2 Å². The fraction of sp³-hybridized carbons (Fsp3) is 0.250. The molecule has 0 fully saturated rings. The van der Waals surface area contributed by atoms with Crippen LogP contribution in [0.25, 0.3) is 22.5 Å². The Morgan fingerprint density at radius 3 is 2.62 bits per heavy atom. The van der Waals surface area contributed by atoms with Gasteiger partial charge in [-0.15, -0.1) is 0 Å². The summed E-state index contributed by atoms with van der Waals surface area (Å²) in [6.45, 7) is 6.17. The first-order valence-electron chi connectivity index (χ1n) is 9.32. The number of benzene rings is 1. The van der Waals surface area contributed by atoms with Gasteiger partial charge in [0.15, 0.2) is 11.3 Å². The van der Waals surface area contributed by atoms with Gasteiger partial charge in [-0.2, -0.15) is 10.2 Å². The number of carbonyl (C=O) groups excluding carboxylic acids is 1. The van der Waals surface area contributed by atoms with Gasteiger partial charge in [-0.25, -0.2) is 19.0 Å². The number of aryl methyl sites for hydroxylation is 2. The van der Waals surface area contributed by atoms with Crippen LogP contribution in [0.15, 0.2) is 47.7 Å². The first-order chi connectivity index (χ1) is 14.1. The van der Waals surface area contributed by atoms with E-state index in [0.717, 1.165) is 0 Å². The minimum Gasteiger partial charge on any atom is -0.462 e. The molecule has 4 rings (SSSR count). The quantitative estimate of drug-likeness (QED) is 0.484. The number of ether oxygens (including phenoxy) is 1. The maximum atomic E-state index is 13.4. The summed E-state index contributed by atoms with van der Waals surface area (Å²) in [4.78, 5) is 30.4. The summed E-state index contributed by atoms with van der Waals surface area (Å²) >= 11 is 0. The molecule has 0 unspecified atom stereocenters. The molecule has 3 heterocycles. The number of nitrogens with zero attached hydrogens (tertiary/aromatic N) is 6. The lowest BCUT2D eigenvalue weighted by molar-refractivity contribution is 0.0526. The van der Waals surface area contributed by atoms with E-state index in [4.69, 9.17) is 4.74 Å². The smallest absolute Gasteiger partial charge is 0.343 e. The zero-order chi connectivity index (χ0) is 20.5. The maximum absolute atomic E-state index is 13.4. The first kappa shape index (κ1) is 18.6. The van der Waals surface area contributed by atoms with Crippen molar-refractivity contribution in [3.8, 4) is 11.5 Å². The molecule has 0 N–H and O–H groups in total. The highest BCUT2D eigenvalue weighted by atomic mass is 16.5. The molecule has 9 heteroatoms. The van der Waals surface area contributed by atoms with Crippen molar-refractivity contribution in [1.82, 2.24) is 29.1 Å². The Balaban J connectivity index is 2.03. The van der Waals surface area contributed by atoms with Crippen molar-refractivity contribution >= 4 is 17.0 Å². The molecular weight excluding hydrogens is 372 g/mol. The Labute approximate surface area is 166 Å². The predicted molar refractivity (Wildman–Crippen MR) is 107 cm³/mol. The summed E-state index contributed by atoms with van der Waals surface area (Å²) in [6, 6.07) is 9.25. The van der Waals surface area contributed by atoms with Crippen molar-refractivity contribution < 1.29 is 9.53 Å². The van der Waals surface area contributed by atoms with Gasteiger partial charge in [0.2, 0.25) is 0 Å². The van der Waals surface area contributed by atoms with Crippen LogP contribution in [-0.2, 0) is 11.3 Å². The molecule has 0 spiro atoms. The Hall–Kier alpha value is -3.75. The number of para-hydroxylation sites is 1. The van der Waals surface area contributed by atoms with Crippen molar-refractivity contribution in [3.05, 3.63) is 64.5 Å². The van der Waals surface area contributed by atoms with Crippen molar-refractivity contribution in [2.75, 3.05) is 6.61 Å². The van der Waals surface area contributed by atoms with Gasteiger partial charge in [-0.1, -0.05) is 18.2 Å². The highest BCUT2D eigenvalue weighted by Gasteiger charge is 2.24. The Kier molecular flexibility index (Phi) is 4.71. The lowest BCUT2D eigenvalue weighted by atomic mass is 10.3. The fourth-order valence-corrected chi connectivity index (χ4v) is 3.28. The van der Waals surface area contributed by atoms with Gasteiger partial charge < -0.3 is 4.74 Å². The molecule has 0 bridgehead atoms. The molecule has 148 valence electrons. The second-order valence-corrected chi connectivity index (χ2v) is 6.37. The van der Waals surface area contributed by atoms with Crippen molar-refractivity contribution in [1.29, 1.82) is 0 Å². The Bertz CT molecular complexity index is 1250. The molecule has 0 aliphatic rings. The number of fused-ring (bicyclic) bond motifs is 1. The van der Waals surface area contributed by atoms with Gasteiger partial charge in [0, 0.05) is 6.54 Å². The van der Waals surface area contributed by atoms with Gasteiger partial charge in [0.25, 0.3) is 5.56 Å². The number of carbonyl (C=O) groups is 1. The molecule has 0 amide bonds. The monoisotopic (exact) mass is 392 g/mol. The van der Waals surface area contributed by atoms with E-state index in [-0.39, 0.29) is 23.5 Å². The number of aromatic nitrogens is 6. The zero-order valence-corrected chi connectivity index (χ0v) is 16.4. The normalized spacial score (nSPS) is 11.1. The molecule has 0 saturated heterocycles. The summed E-state index contributed by atoms with van der Waals surface area (Å²) in [7, 11) is 0. The van der Waals surface area contributed by atoms with E-state index < -0.39 is 5.97 Å². The number of esters is 1. The van der Waals surface area contributed by atoms with Crippen molar-refractivity contribution in [3.63, 3.8) is 0 Å². The highest BCUT2D eigenvalue weighted by molar-refractivity contribution is 5.93. The highest BCUT2D eigenvalue weighted by Crippen LogP contribution is 2.20. The van der Waals surface area contributed by atoms with Gasteiger partial charge in [-0.05, 0) is 32.9 Å². The molecule has 0 aliphatic carbocycles. The molecule has 3 aromatic heterocycles. The average Bonchev–Trinajstić information content (AvgIpc) is 3.31. The third kappa shape index (κ3) is 3.00. The Morgan fingerprint density at radius 2 is 1.93 bits per heavy atom. The zero-order valence-electron chi connectivity index (χ0n) is 16.4. The van der Waals surface area contributed by atoms with Crippen LogP contribution < -0.4 is 5.56 Å². The van der Waals surface area contributed by atoms with E-state index >= 15 is 0 Å². The predicted octanol–water partition coefficient (Wildman–Crippen LogP) is 2.27. The third-order valence-corrected chi connectivity index (χ3v) is 4.59. The summed E-state index contributed by atoms with van der Waals surface area (Å²) in [5.41, 5.74) is 2.14. The minimum absolute atomic E-state index is 0.179. The number of hydrogen-bond donors (Lipinski definition) is 0. The third-order valence-electron chi connectivity index (χ3n) is 4.59. The first-order valence-corrected chi connectivity index (χ1v) is 9.32. The SMILES string of the molecule is CCOC(=O)c1cnn(-c2ccccc2)c1-n1cnc2c(C)nn(CC)c2c1=O. The summed E-state index contributed by atoms with van der Waals surface area (Å²) in [6.07, 6.45) is 2.80. The van der Waals surface area contributed by atoms with E-state index in [9.17, 15) is 9.59 Å². The fourth-order valence-electron chi connectivity index (χ4n) is 3.28. The van der Waals surface area contributed by atoms with Gasteiger partial charge in [0.05, 0.1) is 24.2 Å². The van der Waals surface area contributed by atoms with Crippen LogP contribution in [0.1, 0.15) is 29.9 Å². The van der Waals surface area contributed by atoms with Gasteiger partial charge in [0.1, 0.15) is 17.4 Å². The lowest BCUT2D eigenvalue weighted by Crippen LogP contribution is -2.25. The second-order valence-electron chi connectivity index (χ2n) is 6.37. The molecule has 9 nitrogen and oxygen atoms in total. The van der Waals surface area contributed by atoms with Crippen LogP contribution >= 0.6 is 0 Å². The van der Waals surface area contributed by atoms with Crippen LogP contribution in [0.2, 0.25) is 0 Å². The number of rotatable bonds is 5. The molecule has 0 aliphatic heterocycles. The topological polar surface area (TPSA) is 96.8 Å². The molecule has 0 saturated carbocycles. The summed E-state index contributed by atoms with van der Waals surface area (Å²) < 4.78 is 9.63. The minimum atomic E-state index is -0.558. The summed E-state index contributed by atoms with van der Waals surface area (Å²) in [5.74, 6) is -0.285. The van der Waals surface area contributed by atoms with Crippen LogP contribution in [0.4, 0.5) is 0 Å². The lowest BCUT2D eigenvalue weighted by Gasteiger charge is -2.12.